The van der Waals surface area contributed by atoms with Crippen LogP contribution in [0.25, 0.3) is 0 Å². The standard InChI is InChI=1S/C4H8OS.2Na.2H/c1-3(5)4(2)6;;;;/h4,6H,1-2H3;;;;. The van der Waals surface area contributed by atoms with E-state index in [1.165, 1.54) is 6.92 Å². The molecule has 1 nitrogen and oxygen atoms in total. The summed E-state index contributed by atoms with van der Waals surface area (Å²) in [5.74, 6) is 0.123. The fourth-order valence-electron chi connectivity index (χ4n) is 0. The van der Waals surface area contributed by atoms with E-state index in [0.29, 0.717) is 0 Å². The van der Waals surface area contributed by atoms with E-state index in [1.807, 2.05) is 0 Å². The molecule has 0 saturated carbocycles. The summed E-state index contributed by atoms with van der Waals surface area (Å²) >= 11 is 3.84. The van der Waals surface area contributed by atoms with Crippen LogP contribution >= 0.6 is 12.6 Å². The van der Waals surface area contributed by atoms with Gasteiger partial charge in [0, 0.05) is 0 Å². The Labute approximate surface area is 100.0 Å². The fourth-order valence-corrected chi connectivity index (χ4v) is 0. The number of Topliss-reactive ketones (excluding diaryl/α,β-unsaturated/α-hetero) is 1. The van der Waals surface area contributed by atoms with E-state index in [0.717, 1.165) is 0 Å². The van der Waals surface area contributed by atoms with Crippen molar-refractivity contribution in [1.29, 1.82) is 0 Å². The van der Waals surface area contributed by atoms with Crippen LogP contribution in [0.4, 0.5) is 0 Å². The van der Waals surface area contributed by atoms with Gasteiger partial charge in [0.1, 0.15) is 5.78 Å². The van der Waals surface area contributed by atoms with E-state index >= 15 is 0 Å². The summed E-state index contributed by atoms with van der Waals surface area (Å²) < 4.78 is 0. The molecule has 8 heavy (non-hydrogen) atoms. The summed E-state index contributed by atoms with van der Waals surface area (Å²) in [5, 5.41) is -0.0926. The van der Waals surface area contributed by atoms with Crippen molar-refractivity contribution in [1.82, 2.24) is 0 Å². The Bertz CT molecular complexity index is 65.1. The minimum absolute atomic E-state index is 0. The van der Waals surface area contributed by atoms with Gasteiger partial charge in [0.25, 0.3) is 0 Å². The molecule has 0 aromatic heterocycles. The monoisotopic (exact) mass is 152 g/mol. The molecule has 0 heterocycles. The molecule has 0 aliphatic carbocycles. The van der Waals surface area contributed by atoms with Crippen LogP contribution < -0.4 is 0 Å². The van der Waals surface area contributed by atoms with E-state index in [-0.39, 0.29) is 70.1 Å². The molecule has 0 N–H and O–H groups in total. The van der Waals surface area contributed by atoms with Crippen molar-refractivity contribution in [2.24, 2.45) is 0 Å². The van der Waals surface area contributed by atoms with Gasteiger partial charge in [-0.2, -0.15) is 12.6 Å². The van der Waals surface area contributed by atoms with E-state index in [2.05, 4.69) is 12.6 Å². The zero-order chi connectivity index (χ0) is 5.15. The number of hydrogen-bond acceptors (Lipinski definition) is 2. The third-order valence-corrected chi connectivity index (χ3v) is 0.952. The summed E-state index contributed by atoms with van der Waals surface area (Å²) in [4.78, 5) is 10.1. The maximum absolute atomic E-state index is 10.1. The SMILES string of the molecule is CC(=O)C(C)S.[NaH].[NaH]. The number of rotatable bonds is 1. The molecule has 4 heteroatoms. The number of thiol groups is 1. The molecule has 0 rings (SSSR count). The maximum atomic E-state index is 10.1. The third-order valence-electron chi connectivity index (χ3n) is 0.588. The Morgan fingerprint density at radius 1 is 1.50 bits per heavy atom. The van der Waals surface area contributed by atoms with E-state index in [4.69, 9.17) is 0 Å². The molecule has 0 fully saturated rings. The number of hydrogen-bond donors (Lipinski definition) is 1. The Balaban J connectivity index is -0.000000125. The van der Waals surface area contributed by atoms with Crippen LogP contribution in [0.3, 0.4) is 0 Å². The molecule has 40 valence electrons. The van der Waals surface area contributed by atoms with Crippen molar-refractivity contribution in [2.45, 2.75) is 19.1 Å². The average molecular weight is 152 g/mol. The zero-order valence-electron chi connectivity index (χ0n) is 3.93. The van der Waals surface area contributed by atoms with Crippen molar-refractivity contribution >= 4 is 77.5 Å². The van der Waals surface area contributed by atoms with E-state index in [1.54, 1.807) is 6.92 Å². The van der Waals surface area contributed by atoms with Crippen molar-refractivity contribution in [3.63, 3.8) is 0 Å². The molecule has 0 aliphatic heterocycles. The number of carbonyl (C=O) groups excluding carboxylic acids is 1. The molecular weight excluding hydrogens is 142 g/mol. The molecule has 0 aromatic rings. The first kappa shape index (κ1) is 16.5. The zero-order valence-corrected chi connectivity index (χ0v) is 4.83. The second-order valence-electron chi connectivity index (χ2n) is 1.29. The first-order valence-corrected chi connectivity index (χ1v) is 2.34. The average Bonchev–Trinajstić information content (AvgIpc) is 1.36. The summed E-state index contributed by atoms with van der Waals surface area (Å²) in [7, 11) is 0. The van der Waals surface area contributed by atoms with Gasteiger partial charge in [0.05, 0.1) is 5.25 Å². The first-order valence-electron chi connectivity index (χ1n) is 1.83. The molecule has 0 saturated heterocycles. The molecule has 0 spiro atoms. The molecule has 0 aliphatic rings. The Kier molecular flexibility index (Phi) is 18.7. The van der Waals surface area contributed by atoms with Crippen LogP contribution in [0.5, 0.6) is 0 Å². The van der Waals surface area contributed by atoms with Crippen LogP contribution in [0.15, 0.2) is 0 Å². The molecule has 0 aromatic carbocycles. The Morgan fingerprint density at radius 3 is 1.62 bits per heavy atom. The van der Waals surface area contributed by atoms with Crippen molar-refractivity contribution in [3.8, 4) is 0 Å². The fraction of sp³-hybridized carbons (Fsp3) is 0.750. The minimum atomic E-state index is -0.0926. The van der Waals surface area contributed by atoms with Crippen LogP contribution in [-0.2, 0) is 4.79 Å². The molecule has 1 unspecified atom stereocenters. The normalized spacial score (nSPS) is 10.4. The van der Waals surface area contributed by atoms with Crippen LogP contribution in [-0.4, -0.2) is 70.1 Å². The molecular formula is C4H10Na2OS. The number of carbonyl (C=O) groups is 1. The molecule has 0 bridgehead atoms. The quantitative estimate of drug-likeness (QED) is 0.399. The van der Waals surface area contributed by atoms with Gasteiger partial charge >= 0.3 is 59.1 Å². The summed E-state index contributed by atoms with van der Waals surface area (Å²) in [5.41, 5.74) is 0. The third kappa shape index (κ3) is 10.9. The second-order valence-corrected chi connectivity index (χ2v) is 2.06. The van der Waals surface area contributed by atoms with Gasteiger partial charge in [-0.05, 0) is 13.8 Å². The Morgan fingerprint density at radius 2 is 1.62 bits per heavy atom. The summed E-state index contributed by atoms with van der Waals surface area (Å²) in [6, 6.07) is 0. The van der Waals surface area contributed by atoms with Gasteiger partial charge in [-0.3, -0.25) is 4.79 Å². The van der Waals surface area contributed by atoms with Gasteiger partial charge in [-0.1, -0.05) is 0 Å². The Hall–Kier alpha value is 2.02. The molecule has 1 atom stereocenters. The van der Waals surface area contributed by atoms with Crippen molar-refractivity contribution in [3.05, 3.63) is 0 Å². The van der Waals surface area contributed by atoms with Gasteiger partial charge in [-0.25, -0.2) is 0 Å². The van der Waals surface area contributed by atoms with Crippen molar-refractivity contribution < 1.29 is 4.79 Å². The summed E-state index contributed by atoms with van der Waals surface area (Å²) in [6.07, 6.45) is 0. The van der Waals surface area contributed by atoms with Crippen molar-refractivity contribution in [2.75, 3.05) is 0 Å². The van der Waals surface area contributed by atoms with Gasteiger partial charge in [-0.15, -0.1) is 0 Å². The molecule has 0 amide bonds. The van der Waals surface area contributed by atoms with Crippen LogP contribution in [0, 0.1) is 0 Å². The van der Waals surface area contributed by atoms with Gasteiger partial charge in [0.2, 0.25) is 0 Å². The topological polar surface area (TPSA) is 17.1 Å². The summed E-state index contributed by atoms with van der Waals surface area (Å²) in [6.45, 7) is 3.28. The number of ketones is 1. The first-order chi connectivity index (χ1) is 2.64. The predicted octanol–water partition coefficient (Wildman–Crippen LogP) is -0.403. The van der Waals surface area contributed by atoms with E-state index in [9.17, 15) is 4.79 Å². The van der Waals surface area contributed by atoms with Gasteiger partial charge < -0.3 is 0 Å². The predicted molar refractivity (Wildman–Crippen MR) is 43.4 cm³/mol. The van der Waals surface area contributed by atoms with Crippen LogP contribution in [0.2, 0.25) is 0 Å². The molecule has 0 radical (unpaired) electrons. The van der Waals surface area contributed by atoms with Crippen LogP contribution in [0.1, 0.15) is 13.8 Å². The van der Waals surface area contributed by atoms with Gasteiger partial charge in [0.15, 0.2) is 0 Å². The second kappa shape index (κ2) is 9.02. The van der Waals surface area contributed by atoms with E-state index < -0.39 is 0 Å².